The van der Waals surface area contributed by atoms with Crippen LogP contribution in [0.5, 0.6) is 5.75 Å². The third kappa shape index (κ3) is 5.73. The summed E-state index contributed by atoms with van der Waals surface area (Å²) in [4.78, 5) is 23.5. The van der Waals surface area contributed by atoms with Gasteiger partial charge in [0.15, 0.2) is 0 Å². The molecule has 2 atom stereocenters. The van der Waals surface area contributed by atoms with E-state index in [1.807, 2.05) is 38.1 Å². The van der Waals surface area contributed by atoms with E-state index in [0.29, 0.717) is 18.9 Å². The molecule has 6 nitrogen and oxygen atoms in total. The SMILES string of the molecule is CCOc1ccccc1C(CC(=O)N[C@@H](C)CN)NC(C)=O. The smallest absolute Gasteiger partial charge is 0.222 e. The first kappa shape index (κ1) is 18.0. The molecule has 1 aromatic carbocycles. The van der Waals surface area contributed by atoms with Gasteiger partial charge in [-0.2, -0.15) is 0 Å². The van der Waals surface area contributed by atoms with E-state index < -0.39 is 6.04 Å². The van der Waals surface area contributed by atoms with Gasteiger partial charge in [-0.3, -0.25) is 9.59 Å². The summed E-state index contributed by atoms with van der Waals surface area (Å²) in [5.74, 6) is 0.308. The highest BCUT2D eigenvalue weighted by Gasteiger charge is 2.21. The third-order valence-corrected chi connectivity index (χ3v) is 3.12. The van der Waals surface area contributed by atoms with Gasteiger partial charge in [0.05, 0.1) is 19.1 Å². The van der Waals surface area contributed by atoms with E-state index in [1.165, 1.54) is 6.92 Å². The van der Waals surface area contributed by atoms with E-state index in [2.05, 4.69) is 10.6 Å². The molecule has 1 rings (SSSR count). The second kappa shape index (κ2) is 9.04. The Morgan fingerprint density at radius 3 is 2.55 bits per heavy atom. The van der Waals surface area contributed by atoms with E-state index in [4.69, 9.17) is 10.5 Å². The Morgan fingerprint density at radius 1 is 1.27 bits per heavy atom. The Balaban J connectivity index is 2.93. The summed E-state index contributed by atoms with van der Waals surface area (Å²) in [7, 11) is 0. The van der Waals surface area contributed by atoms with Crippen molar-refractivity contribution < 1.29 is 14.3 Å². The van der Waals surface area contributed by atoms with Crippen molar-refractivity contribution >= 4 is 11.8 Å². The third-order valence-electron chi connectivity index (χ3n) is 3.12. The van der Waals surface area contributed by atoms with Crippen molar-refractivity contribution in [2.75, 3.05) is 13.2 Å². The van der Waals surface area contributed by atoms with Crippen molar-refractivity contribution in [1.82, 2.24) is 10.6 Å². The first-order valence-electron chi connectivity index (χ1n) is 7.46. The van der Waals surface area contributed by atoms with Crippen LogP contribution in [0.4, 0.5) is 0 Å². The summed E-state index contributed by atoms with van der Waals surface area (Å²) in [6, 6.07) is 6.85. The summed E-state index contributed by atoms with van der Waals surface area (Å²) >= 11 is 0. The molecule has 4 N–H and O–H groups in total. The van der Waals surface area contributed by atoms with Crippen LogP contribution < -0.4 is 21.1 Å². The van der Waals surface area contributed by atoms with Gasteiger partial charge >= 0.3 is 0 Å². The lowest BCUT2D eigenvalue weighted by molar-refractivity contribution is -0.123. The van der Waals surface area contributed by atoms with Crippen LogP contribution in [0.15, 0.2) is 24.3 Å². The highest BCUT2D eigenvalue weighted by Crippen LogP contribution is 2.27. The number of amides is 2. The summed E-state index contributed by atoms with van der Waals surface area (Å²) in [6.45, 7) is 6.03. The normalized spacial score (nSPS) is 13.1. The van der Waals surface area contributed by atoms with Gasteiger partial charge in [-0.15, -0.1) is 0 Å². The predicted octanol–water partition coefficient (Wildman–Crippen LogP) is 1.12. The monoisotopic (exact) mass is 307 g/mol. The Morgan fingerprint density at radius 2 is 1.95 bits per heavy atom. The minimum atomic E-state index is -0.440. The zero-order valence-corrected chi connectivity index (χ0v) is 13.4. The second-order valence-electron chi connectivity index (χ2n) is 5.13. The van der Waals surface area contributed by atoms with Crippen LogP contribution in [-0.4, -0.2) is 31.0 Å². The lowest BCUT2D eigenvalue weighted by Crippen LogP contribution is -2.40. The van der Waals surface area contributed by atoms with Crippen LogP contribution >= 0.6 is 0 Å². The molecule has 0 aliphatic rings. The maximum Gasteiger partial charge on any atom is 0.222 e. The van der Waals surface area contributed by atoms with Gasteiger partial charge in [-0.25, -0.2) is 0 Å². The first-order valence-corrected chi connectivity index (χ1v) is 7.46. The molecular weight excluding hydrogens is 282 g/mol. The zero-order chi connectivity index (χ0) is 16.5. The average Bonchev–Trinajstić information content (AvgIpc) is 2.46. The number of rotatable bonds is 8. The van der Waals surface area contributed by atoms with Crippen molar-refractivity contribution in [3.63, 3.8) is 0 Å². The lowest BCUT2D eigenvalue weighted by atomic mass is 10.0. The summed E-state index contributed by atoms with van der Waals surface area (Å²) < 4.78 is 5.58. The molecule has 22 heavy (non-hydrogen) atoms. The molecule has 0 spiro atoms. The van der Waals surface area contributed by atoms with Gasteiger partial charge < -0.3 is 21.1 Å². The summed E-state index contributed by atoms with van der Waals surface area (Å²) in [5, 5.41) is 5.60. The number of hydrogen-bond acceptors (Lipinski definition) is 4. The molecule has 0 heterocycles. The fourth-order valence-electron chi connectivity index (χ4n) is 2.12. The molecule has 0 radical (unpaired) electrons. The number of carbonyl (C=O) groups excluding carboxylic acids is 2. The standard InChI is InChI=1S/C16H25N3O3/c1-4-22-15-8-6-5-7-13(15)14(19-12(3)20)9-16(21)18-11(2)10-17/h5-8,11,14H,4,9-10,17H2,1-3H3,(H,18,21)(H,19,20)/t11-,14?/m0/s1. The van der Waals surface area contributed by atoms with E-state index in [9.17, 15) is 9.59 Å². The number of para-hydroxylation sites is 1. The number of benzene rings is 1. The van der Waals surface area contributed by atoms with Gasteiger partial charge in [0, 0.05) is 25.1 Å². The molecule has 0 fully saturated rings. The number of hydrogen-bond donors (Lipinski definition) is 3. The van der Waals surface area contributed by atoms with Crippen molar-refractivity contribution in [1.29, 1.82) is 0 Å². The van der Waals surface area contributed by atoms with E-state index >= 15 is 0 Å². The molecule has 0 saturated heterocycles. The van der Waals surface area contributed by atoms with Crippen molar-refractivity contribution in [2.45, 2.75) is 39.3 Å². The molecule has 0 bridgehead atoms. The fourth-order valence-corrected chi connectivity index (χ4v) is 2.12. The van der Waals surface area contributed by atoms with Gasteiger partial charge in [0.25, 0.3) is 0 Å². The molecule has 122 valence electrons. The average molecular weight is 307 g/mol. The largest absolute Gasteiger partial charge is 0.494 e. The Hall–Kier alpha value is -2.08. The quantitative estimate of drug-likeness (QED) is 0.671. The maximum absolute atomic E-state index is 12.1. The Labute approximate surface area is 131 Å². The second-order valence-corrected chi connectivity index (χ2v) is 5.13. The molecule has 1 aromatic rings. The van der Waals surface area contributed by atoms with Crippen molar-refractivity contribution in [2.24, 2.45) is 5.73 Å². The number of carbonyl (C=O) groups is 2. The Kier molecular flexibility index (Phi) is 7.39. The highest BCUT2D eigenvalue weighted by molar-refractivity contribution is 5.79. The van der Waals surface area contributed by atoms with E-state index in [-0.39, 0.29) is 24.3 Å². The van der Waals surface area contributed by atoms with Gasteiger partial charge in [-0.1, -0.05) is 18.2 Å². The molecule has 0 aliphatic carbocycles. The number of nitrogens with one attached hydrogen (secondary N) is 2. The fraction of sp³-hybridized carbons (Fsp3) is 0.500. The van der Waals surface area contributed by atoms with Gasteiger partial charge in [0.1, 0.15) is 5.75 Å². The number of ether oxygens (including phenoxy) is 1. The highest BCUT2D eigenvalue weighted by atomic mass is 16.5. The van der Waals surface area contributed by atoms with Crippen LogP contribution in [0, 0.1) is 0 Å². The van der Waals surface area contributed by atoms with Gasteiger partial charge in [0.2, 0.25) is 11.8 Å². The van der Waals surface area contributed by atoms with E-state index in [0.717, 1.165) is 5.56 Å². The summed E-state index contributed by atoms with van der Waals surface area (Å²) in [6.07, 6.45) is 0.133. The molecule has 0 saturated carbocycles. The molecule has 1 unspecified atom stereocenters. The van der Waals surface area contributed by atoms with E-state index in [1.54, 1.807) is 0 Å². The van der Waals surface area contributed by atoms with Crippen LogP contribution in [-0.2, 0) is 9.59 Å². The minimum absolute atomic E-state index is 0.104. The molecule has 6 heteroatoms. The zero-order valence-electron chi connectivity index (χ0n) is 13.4. The molecule has 0 aromatic heterocycles. The number of nitrogens with two attached hydrogens (primary N) is 1. The van der Waals surface area contributed by atoms with Crippen molar-refractivity contribution in [3.8, 4) is 5.75 Å². The van der Waals surface area contributed by atoms with Crippen molar-refractivity contribution in [3.05, 3.63) is 29.8 Å². The van der Waals surface area contributed by atoms with Crippen LogP contribution in [0.2, 0.25) is 0 Å². The topological polar surface area (TPSA) is 93.4 Å². The molecule has 0 aliphatic heterocycles. The summed E-state index contributed by atoms with van der Waals surface area (Å²) in [5.41, 5.74) is 6.29. The predicted molar refractivity (Wildman–Crippen MR) is 85.4 cm³/mol. The molecule has 2 amide bonds. The maximum atomic E-state index is 12.1. The van der Waals surface area contributed by atoms with Crippen LogP contribution in [0.3, 0.4) is 0 Å². The lowest BCUT2D eigenvalue weighted by Gasteiger charge is -2.21. The van der Waals surface area contributed by atoms with Crippen LogP contribution in [0.25, 0.3) is 0 Å². The molecular formula is C16H25N3O3. The minimum Gasteiger partial charge on any atom is -0.494 e. The van der Waals surface area contributed by atoms with Crippen LogP contribution in [0.1, 0.15) is 38.8 Å². The van der Waals surface area contributed by atoms with Gasteiger partial charge in [-0.05, 0) is 19.9 Å². The Bertz CT molecular complexity index is 505. The first-order chi connectivity index (χ1) is 10.5.